The van der Waals surface area contributed by atoms with Gasteiger partial charge >= 0.3 is 5.97 Å². The number of rotatable bonds is 7. The molecule has 2 aromatic heterocycles. The SMILES string of the molecule is CCOC(=O)C1=C(C)N=c2s/c(=C\c3ccc(N4CCOCC4)o3)c(=O)n2[C@@H]1c1ccccc1OCC. The average Bonchev–Trinajstić information content (AvgIpc) is 3.49. The van der Waals surface area contributed by atoms with E-state index in [9.17, 15) is 9.59 Å². The van der Waals surface area contributed by atoms with Crippen LogP contribution in [0.4, 0.5) is 5.88 Å². The number of hydrogen-bond acceptors (Lipinski definition) is 9. The smallest absolute Gasteiger partial charge is 0.338 e. The first-order valence-electron chi connectivity index (χ1n) is 12.4. The molecule has 5 rings (SSSR count). The molecule has 0 spiro atoms. The Hall–Kier alpha value is -3.63. The molecule has 1 saturated heterocycles. The summed E-state index contributed by atoms with van der Waals surface area (Å²) in [5, 5.41) is 0. The van der Waals surface area contributed by atoms with E-state index in [4.69, 9.17) is 18.6 Å². The minimum atomic E-state index is -0.735. The molecule has 0 N–H and O–H groups in total. The fourth-order valence-electron chi connectivity index (χ4n) is 4.58. The zero-order chi connectivity index (χ0) is 25.9. The summed E-state index contributed by atoms with van der Waals surface area (Å²) in [4.78, 5) is 34.2. The summed E-state index contributed by atoms with van der Waals surface area (Å²) in [5.41, 5.74) is 1.26. The molecule has 4 heterocycles. The van der Waals surface area contributed by atoms with Gasteiger partial charge in [-0.1, -0.05) is 29.5 Å². The van der Waals surface area contributed by atoms with Crippen molar-refractivity contribution in [1.29, 1.82) is 0 Å². The van der Waals surface area contributed by atoms with Crippen molar-refractivity contribution < 1.29 is 23.4 Å². The van der Waals surface area contributed by atoms with Crippen LogP contribution in [-0.2, 0) is 14.3 Å². The highest BCUT2D eigenvalue weighted by atomic mass is 32.1. The Labute approximate surface area is 217 Å². The number of furan rings is 1. The lowest BCUT2D eigenvalue weighted by Crippen LogP contribution is -2.40. The first-order valence-corrected chi connectivity index (χ1v) is 13.2. The zero-order valence-corrected chi connectivity index (χ0v) is 21.9. The van der Waals surface area contributed by atoms with Crippen molar-refractivity contribution >= 4 is 29.3 Å². The Morgan fingerprint density at radius 3 is 2.70 bits per heavy atom. The van der Waals surface area contributed by atoms with Crippen LogP contribution in [0.5, 0.6) is 5.75 Å². The van der Waals surface area contributed by atoms with Crippen molar-refractivity contribution in [2.24, 2.45) is 4.99 Å². The number of ether oxygens (including phenoxy) is 3. The molecule has 1 atom stereocenters. The minimum absolute atomic E-state index is 0.212. The molecule has 1 aromatic carbocycles. The van der Waals surface area contributed by atoms with Gasteiger partial charge in [0, 0.05) is 30.8 Å². The summed E-state index contributed by atoms with van der Waals surface area (Å²) >= 11 is 1.26. The van der Waals surface area contributed by atoms with Crippen molar-refractivity contribution in [3.05, 3.63) is 78.7 Å². The van der Waals surface area contributed by atoms with E-state index in [0.717, 1.165) is 19.0 Å². The molecule has 10 heteroatoms. The third-order valence-electron chi connectivity index (χ3n) is 6.24. The molecule has 0 saturated carbocycles. The van der Waals surface area contributed by atoms with Gasteiger partial charge in [0.1, 0.15) is 17.6 Å². The number of fused-ring (bicyclic) bond motifs is 1. The third-order valence-corrected chi connectivity index (χ3v) is 7.22. The van der Waals surface area contributed by atoms with Crippen LogP contribution >= 0.6 is 11.3 Å². The Balaban J connectivity index is 1.63. The van der Waals surface area contributed by atoms with Gasteiger partial charge in [0.15, 0.2) is 10.7 Å². The molecule has 0 bridgehead atoms. The van der Waals surface area contributed by atoms with Crippen molar-refractivity contribution in [3.63, 3.8) is 0 Å². The maximum Gasteiger partial charge on any atom is 0.338 e. The van der Waals surface area contributed by atoms with Gasteiger partial charge in [0.05, 0.1) is 42.2 Å². The van der Waals surface area contributed by atoms with Gasteiger partial charge in [-0.05, 0) is 32.9 Å². The van der Waals surface area contributed by atoms with E-state index in [-0.39, 0.29) is 12.2 Å². The largest absolute Gasteiger partial charge is 0.494 e. The lowest BCUT2D eigenvalue weighted by atomic mass is 9.95. The third kappa shape index (κ3) is 4.86. The number of esters is 1. The van der Waals surface area contributed by atoms with Gasteiger partial charge < -0.3 is 23.5 Å². The summed E-state index contributed by atoms with van der Waals surface area (Å²) in [6.45, 7) is 8.88. The Kier molecular flexibility index (Phi) is 7.29. The van der Waals surface area contributed by atoms with Crippen LogP contribution in [0, 0.1) is 0 Å². The second kappa shape index (κ2) is 10.8. The van der Waals surface area contributed by atoms with Crippen LogP contribution < -0.4 is 24.5 Å². The van der Waals surface area contributed by atoms with E-state index >= 15 is 0 Å². The Bertz CT molecular complexity index is 1510. The number of thiazole rings is 1. The van der Waals surface area contributed by atoms with E-state index in [2.05, 4.69) is 9.89 Å². The van der Waals surface area contributed by atoms with Gasteiger partial charge in [-0.25, -0.2) is 9.79 Å². The first-order chi connectivity index (χ1) is 18.0. The van der Waals surface area contributed by atoms with Gasteiger partial charge in [0.2, 0.25) is 0 Å². The highest BCUT2D eigenvalue weighted by Crippen LogP contribution is 2.35. The molecule has 37 heavy (non-hydrogen) atoms. The maximum absolute atomic E-state index is 13.8. The summed E-state index contributed by atoms with van der Waals surface area (Å²) in [6, 6.07) is 10.4. The molecule has 2 aliphatic heterocycles. The monoisotopic (exact) mass is 523 g/mol. The summed E-state index contributed by atoms with van der Waals surface area (Å²) < 4.78 is 24.7. The molecule has 9 nitrogen and oxygen atoms in total. The van der Waals surface area contributed by atoms with Crippen molar-refractivity contribution in [1.82, 2.24) is 4.57 Å². The molecule has 0 aliphatic carbocycles. The van der Waals surface area contributed by atoms with E-state index < -0.39 is 12.0 Å². The molecular weight excluding hydrogens is 494 g/mol. The van der Waals surface area contributed by atoms with Crippen LogP contribution in [0.2, 0.25) is 0 Å². The van der Waals surface area contributed by atoms with Gasteiger partial charge in [-0.2, -0.15) is 0 Å². The molecule has 1 fully saturated rings. The van der Waals surface area contributed by atoms with Crippen molar-refractivity contribution in [2.75, 3.05) is 44.4 Å². The molecule has 2 aliphatic rings. The maximum atomic E-state index is 13.8. The zero-order valence-electron chi connectivity index (χ0n) is 21.1. The predicted molar refractivity (Wildman–Crippen MR) is 140 cm³/mol. The molecule has 0 amide bonds. The molecule has 0 unspecified atom stereocenters. The van der Waals surface area contributed by atoms with Crippen molar-refractivity contribution in [3.8, 4) is 5.75 Å². The Morgan fingerprint density at radius 2 is 1.95 bits per heavy atom. The molecule has 194 valence electrons. The lowest BCUT2D eigenvalue weighted by molar-refractivity contribution is -0.139. The number of anilines is 1. The number of nitrogens with zero attached hydrogens (tertiary/aromatic N) is 3. The van der Waals surface area contributed by atoms with E-state index in [1.165, 1.54) is 11.3 Å². The fourth-order valence-corrected chi connectivity index (χ4v) is 5.61. The molecular formula is C27H29N3O6S. The van der Waals surface area contributed by atoms with Crippen LogP contribution in [0.15, 0.2) is 61.9 Å². The van der Waals surface area contributed by atoms with Crippen LogP contribution in [-0.4, -0.2) is 50.1 Å². The van der Waals surface area contributed by atoms with Crippen LogP contribution in [0.3, 0.4) is 0 Å². The summed E-state index contributed by atoms with van der Waals surface area (Å²) in [6.07, 6.45) is 1.72. The predicted octanol–water partition coefficient (Wildman–Crippen LogP) is 2.63. The molecule has 3 aromatic rings. The number of aromatic nitrogens is 1. The lowest BCUT2D eigenvalue weighted by Gasteiger charge is -2.26. The van der Waals surface area contributed by atoms with Crippen molar-refractivity contribution in [2.45, 2.75) is 26.8 Å². The fraction of sp³-hybridized carbons (Fsp3) is 0.370. The topological polar surface area (TPSA) is 95.5 Å². The van der Waals surface area contributed by atoms with E-state index in [1.807, 2.05) is 43.3 Å². The first kappa shape index (κ1) is 25.0. The second-order valence-corrected chi connectivity index (χ2v) is 9.56. The van der Waals surface area contributed by atoms with Gasteiger partial charge in [0.25, 0.3) is 5.56 Å². The molecule has 0 radical (unpaired) electrons. The highest BCUT2D eigenvalue weighted by Gasteiger charge is 2.35. The normalized spacial score (nSPS) is 18.0. The standard InChI is InChI=1S/C27H29N3O6S/c1-4-34-20-9-7-6-8-19(20)24-23(26(32)35-5-2)17(3)28-27-30(24)25(31)21(37-27)16-18-10-11-22(36-18)29-12-14-33-15-13-29/h6-11,16,24H,4-5,12-15H2,1-3H3/b21-16-/t24-/m1/s1. The summed E-state index contributed by atoms with van der Waals surface area (Å²) in [7, 11) is 0. The average molecular weight is 524 g/mol. The number of benzene rings is 1. The number of carbonyl (C=O) groups is 1. The number of allylic oxidation sites excluding steroid dienone is 1. The number of hydrogen-bond donors (Lipinski definition) is 0. The highest BCUT2D eigenvalue weighted by molar-refractivity contribution is 7.07. The van der Waals surface area contributed by atoms with Crippen LogP contribution in [0.1, 0.15) is 38.1 Å². The minimum Gasteiger partial charge on any atom is -0.494 e. The quantitative estimate of drug-likeness (QED) is 0.440. The second-order valence-electron chi connectivity index (χ2n) is 8.55. The Morgan fingerprint density at radius 1 is 1.16 bits per heavy atom. The van der Waals surface area contributed by atoms with Gasteiger partial charge in [-0.15, -0.1) is 0 Å². The van der Waals surface area contributed by atoms with Gasteiger partial charge in [-0.3, -0.25) is 9.36 Å². The van der Waals surface area contributed by atoms with E-state index in [1.54, 1.807) is 24.5 Å². The number of para-hydroxylation sites is 1. The summed E-state index contributed by atoms with van der Waals surface area (Å²) in [5.74, 6) is 1.41. The number of carbonyl (C=O) groups excluding carboxylic acids is 1. The number of morpholine rings is 1. The van der Waals surface area contributed by atoms with E-state index in [0.29, 0.717) is 57.5 Å². The van der Waals surface area contributed by atoms with Crippen LogP contribution in [0.25, 0.3) is 6.08 Å².